The predicted octanol–water partition coefficient (Wildman–Crippen LogP) is 4.57. The molecule has 0 radical (unpaired) electrons. The number of benzene rings is 2. The zero-order valence-corrected chi connectivity index (χ0v) is 17.5. The number of nitrogens with zero attached hydrogens (tertiary/aromatic N) is 2. The summed E-state index contributed by atoms with van der Waals surface area (Å²) >= 11 is 3.08. The van der Waals surface area contributed by atoms with E-state index in [0.29, 0.717) is 17.9 Å². The summed E-state index contributed by atoms with van der Waals surface area (Å²) < 4.78 is 5.55. The molecule has 1 aliphatic heterocycles. The minimum Gasteiger partial charge on any atom is -0.449 e. The number of hydrogen-bond acceptors (Lipinski definition) is 6. The summed E-state index contributed by atoms with van der Waals surface area (Å²) in [5.74, 6) is -0.0112. The lowest BCUT2D eigenvalue weighted by Crippen LogP contribution is -2.39. The number of para-hydroxylation sites is 1. The Morgan fingerprint density at radius 2 is 2.00 bits per heavy atom. The fourth-order valence-electron chi connectivity index (χ4n) is 3.28. The third-order valence-electron chi connectivity index (χ3n) is 4.75. The maximum absolute atomic E-state index is 12.9. The van der Waals surface area contributed by atoms with E-state index in [-0.39, 0.29) is 5.91 Å². The summed E-state index contributed by atoms with van der Waals surface area (Å²) in [6.07, 6.45) is -0.0381. The molecule has 1 amide bonds. The molecular weight excluding hydrogens is 404 g/mol. The lowest BCUT2D eigenvalue weighted by molar-refractivity contribution is -0.126. The summed E-state index contributed by atoms with van der Waals surface area (Å²) in [4.78, 5) is 32.5. The van der Waals surface area contributed by atoms with Gasteiger partial charge in [-0.1, -0.05) is 30.3 Å². The third kappa shape index (κ3) is 4.36. The van der Waals surface area contributed by atoms with Crippen molar-refractivity contribution in [1.29, 1.82) is 0 Å². The Morgan fingerprint density at radius 1 is 1.21 bits per heavy atom. The number of aromatic nitrogens is 1. The van der Waals surface area contributed by atoms with E-state index in [1.54, 1.807) is 40.8 Å². The van der Waals surface area contributed by atoms with Gasteiger partial charge in [-0.2, -0.15) is 0 Å². The molecule has 148 valence electrons. The van der Waals surface area contributed by atoms with Crippen LogP contribution in [0.15, 0.2) is 64.3 Å². The van der Waals surface area contributed by atoms with Crippen molar-refractivity contribution in [3.63, 3.8) is 0 Å². The van der Waals surface area contributed by atoms with Gasteiger partial charge in [-0.3, -0.25) is 4.79 Å². The smallest absolute Gasteiger partial charge is 0.340 e. The summed E-state index contributed by atoms with van der Waals surface area (Å²) in [6.45, 7) is 2.24. The van der Waals surface area contributed by atoms with Crippen LogP contribution in [0.4, 0.5) is 5.69 Å². The van der Waals surface area contributed by atoms with Crippen LogP contribution in [0.1, 0.15) is 28.5 Å². The van der Waals surface area contributed by atoms with E-state index in [9.17, 15) is 9.59 Å². The van der Waals surface area contributed by atoms with Crippen LogP contribution in [-0.2, 0) is 21.7 Å². The van der Waals surface area contributed by atoms with Crippen molar-refractivity contribution in [2.24, 2.45) is 0 Å². The van der Waals surface area contributed by atoms with Gasteiger partial charge in [0.1, 0.15) is 0 Å². The van der Waals surface area contributed by atoms with Crippen LogP contribution in [0.3, 0.4) is 0 Å². The van der Waals surface area contributed by atoms with Gasteiger partial charge in [-0.05, 0) is 37.1 Å². The second-order valence-electron chi connectivity index (χ2n) is 6.68. The number of hydrogen-bond donors (Lipinski definition) is 0. The van der Waals surface area contributed by atoms with Crippen LogP contribution in [0.5, 0.6) is 0 Å². The van der Waals surface area contributed by atoms with Gasteiger partial charge in [-0.25, -0.2) is 9.78 Å². The Bertz CT molecular complexity index is 1020. The number of amides is 1. The Morgan fingerprint density at radius 3 is 2.83 bits per heavy atom. The summed E-state index contributed by atoms with van der Waals surface area (Å²) in [5, 5.41) is 1.99. The average Bonchev–Trinajstić information content (AvgIpc) is 3.41. The van der Waals surface area contributed by atoms with E-state index in [4.69, 9.17) is 4.74 Å². The lowest BCUT2D eigenvalue weighted by Gasteiger charge is -2.22. The highest BCUT2D eigenvalue weighted by Crippen LogP contribution is 2.29. The van der Waals surface area contributed by atoms with Gasteiger partial charge in [0.25, 0.3) is 5.91 Å². The van der Waals surface area contributed by atoms with Crippen LogP contribution in [0, 0.1) is 0 Å². The first kappa shape index (κ1) is 19.7. The van der Waals surface area contributed by atoms with Crippen molar-refractivity contribution >= 4 is 40.7 Å². The SMILES string of the molecule is CC(OC(=O)c1ccccc1SCc1cscn1)C(=O)N1CCc2ccccc21. The number of rotatable bonds is 6. The first-order chi connectivity index (χ1) is 14.1. The molecule has 0 N–H and O–H groups in total. The number of fused-ring (bicyclic) bond motifs is 1. The standard InChI is InChI=1S/C22H20N2O3S2/c1-15(21(25)24-11-10-16-6-2-4-8-19(16)24)27-22(26)18-7-3-5-9-20(18)29-13-17-12-28-14-23-17/h2-9,12,14-15H,10-11,13H2,1H3. The fourth-order valence-corrected chi connectivity index (χ4v) is 4.89. The number of anilines is 1. The second kappa shape index (κ2) is 8.80. The highest BCUT2D eigenvalue weighted by molar-refractivity contribution is 7.98. The van der Waals surface area contributed by atoms with E-state index >= 15 is 0 Å². The van der Waals surface area contributed by atoms with Crippen LogP contribution >= 0.6 is 23.1 Å². The van der Waals surface area contributed by atoms with Gasteiger partial charge in [0.2, 0.25) is 0 Å². The Labute approximate surface area is 177 Å². The van der Waals surface area contributed by atoms with Crippen molar-refractivity contribution in [3.05, 3.63) is 76.2 Å². The number of ether oxygens (including phenoxy) is 1. The van der Waals surface area contributed by atoms with Crippen molar-refractivity contribution in [2.45, 2.75) is 30.1 Å². The molecule has 5 nitrogen and oxygen atoms in total. The van der Waals surface area contributed by atoms with E-state index in [0.717, 1.165) is 28.3 Å². The molecule has 0 saturated carbocycles. The first-order valence-electron chi connectivity index (χ1n) is 9.32. The lowest BCUT2D eigenvalue weighted by atomic mass is 10.2. The molecule has 3 aromatic rings. The molecule has 0 saturated heterocycles. The second-order valence-corrected chi connectivity index (χ2v) is 8.42. The van der Waals surface area contributed by atoms with Gasteiger partial charge in [0.05, 0.1) is 16.8 Å². The molecule has 2 aromatic carbocycles. The molecule has 1 unspecified atom stereocenters. The molecule has 0 aliphatic carbocycles. The topological polar surface area (TPSA) is 59.5 Å². The molecule has 0 fully saturated rings. The van der Waals surface area contributed by atoms with Gasteiger partial charge in [-0.15, -0.1) is 23.1 Å². The third-order valence-corrected chi connectivity index (χ3v) is 6.49. The molecule has 0 spiro atoms. The average molecular weight is 425 g/mol. The summed E-state index contributed by atoms with van der Waals surface area (Å²) in [6, 6.07) is 15.1. The van der Waals surface area contributed by atoms with Crippen LogP contribution < -0.4 is 4.90 Å². The quantitative estimate of drug-likeness (QED) is 0.429. The molecule has 1 aliphatic rings. The van der Waals surface area contributed by atoms with Gasteiger partial charge >= 0.3 is 5.97 Å². The molecule has 0 bridgehead atoms. The van der Waals surface area contributed by atoms with Crippen molar-refractivity contribution in [3.8, 4) is 0 Å². The summed E-state index contributed by atoms with van der Waals surface area (Å²) in [7, 11) is 0. The van der Waals surface area contributed by atoms with Crippen molar-refractivity contribution in [2.75, 3.05) is 11.4 Å². The van der Waals surface area contributed by atoms with Crippen LogP contribution in [-0.4, -0.2) is 29.5 Å². The number of thiazole rings is 1. The number of esters is 1. The Hall–Kier alpha value is -2.64. The molecule has 7 heteroatoms. The Kier molecular flexibility index (Phi) is 5.97. The predicted molar refractivity (Wildman–Crippen MR) is 115 cm³/mol. The number of carbonyl (C=O) groups excluding carboxylic acids is 2. The molecule has 4 rings (SSSR count). The van der Waals surface area contributed by atoms with Gasteiger partial charge < -0.3 is 9.64 Å². The van der Waals surface area contributed by atoms with Crippen LogP contribution in [0.25, 0.3) is 0 Å². The van der Waals surface area contributed by atoms with Crippen molar-refractivity contribution in [1.82, 2.24) is 4.98 Å². The van der Waals surface area contributed by atoms with E-state index in [1.807, 2.05) is 41.8 Å². The molecule has 1 atom stereocenters. The number of thioether (sulfide) groups is 1. The minimum atomic E-state index is -0.856. The first-order valence-corrected chi connectivity index (χ1v) is 11.3. The minimum absolute atomic E-state index is 0.198. The van der Waals surface area contributed by atoms with Crippen LogP contribution in [0.2, 0.25) is 0 Å². The summed E-state index contributed by atoms with van der Waals surface area (Å²) in [5.41, 5.74) is 5.27. The van der Waals surface area contributed by atoms with E-state index in [1.165, 1.54) is 11.8 Å². The number of carbonyl (C=O) groups is 2. The van der Waals surface area contributed by atoms with E-state index < -0.39 is 12.1 Å². The monoisotopic (exact) mass is 424 g/mol. The highest BCUT2D eigenvalue weighted by Gasteiger charge is 2.30. The maximum Gasteiger partial charge on any atom is 0.340 e. The molecular formula is C22H20N2O3S2. The van der Waals surface area contributed by atoms with Crippen molar-refractivity contribution < 1.29 is 14.3 Å². The largest absolute Gasteiger partial charge is 0.449 e. The zero-order valence-electron chi connectivity index (χ0n) is 15.9. The fraction of sp³-hybridized carbons (Fsp3) is 0.227. The Balaban J connectivity index is 1.43. The zero-order chi connectivity index (χ0) is 20.2. The van der Waals surface area contributed by atoms with Gasteiger partial charge in [0.15, 0.2) is 6.10 Å². The maximum atomic E-state index is 12.9. The van der Waals surface area contributed by atoms with E-state index in [2.05, 4.69) is 4.98 Å². The molecule has 29 heavy (non-hydrogen) atoms. The van der Waals surface area contributed by atoms with Gasteiger partial charge in [0, 0.05) is 28.3 Å². The molecule has 1 aromatic heterocycles. The highest BCUT2D eigenvalue weighted by atomic mass is 32.2. The normalized spacial score (nSPS) is 13.8. The molecule has 2 heterocycles.